The molecule has 1 atom stereocenters. The fraction of sp³-hybridized carbons (Fsp3) is 0.500. The van der Waals surface area contributed by atoms with E-state index < -0.39 is 10.8 Å². The van der Waals surface area contributed by atoms with Crippen molar-refractivity contribution in [1.29, 1.82) is 0 Å². The van der Waals surface area contributed by atoms with Crippen molar-refractivity contribution >= 4 is 23.2 Å². The van der Waals surface area contributed by atoms with Crippen molar-refractivity contribution in [2.75, 3.05) is 20.3 Å². The molecule has 0 aliphatic rings. The summed E-state index contributed by atoms with van der Waals surface area (Å²) < 4.78 is 5.00. The van der Waals surface area contributed by atoms with E-state index in [9.17, 15) is 14.9 Å². The summed E-state index contributed by atoms with van der Waals surface area (Å²) in [5, 5.41) is 11.4. The zero-order chi connectivity index (χ0) is 16.0. The molecule has 0 fully saturated rings. The van der Waals surface area contributed by atoms with E-state index in [1.165, 1.54) is 18.2 Å². The first-order valence-electron chi connectivity index (χ1n) is 6.66. The van der Waals surface area contributed by atoms with Gasteiger partial charge in [0.25, 0.3) is 11.6 Å². The van der Waals surface area contributed by atoms with Gasteiger partial charge >= 0.3 is 0 Å². The Bertz CT molecular complexity index is 522. The second kappa shape index (κ2) is 7.95. The van der Waals surface area contributed by atoms with Crippen molar-refractivity contribution in [3.05, 3.63) is 38.9 Å². The first kappa shape index (κ1) is 17.4. The third-order valence-corrected chi connectivity index (χ3v) is 3.54. The number of amides is 1. The van der Waals surface area contributed by atoms with Gasteiger partial charge in [0.2, 0.25) is 0 Å². The number of carbonyl (C=O) groups is 1. The molecular formula is C14H19ClN2O4. The lowest BCUT2D eigenvalue weighted by Crippen LogP contribution is -2.40. The molecule has 7 heteroatoms. The monoisotopic (exact) mass is 314 g/mol. The normalized spacial score (nSPS) is 12.0. The molecular weight excluding hydrogens is 296 g/mol. The molecule has 0 spiro atoms. The number of benzene rings is 1. The Hall–Kier alpha value is -1.66. The van der Waals surface area contributed by atoms with Gasteiger partial charge < -0.3 is 9.64 Å². The zero-order valence-electron chi connectivity index (χ0n) is 12.3. The Morgan fingerprint density at radius 1 is 1.52 bits per heavy atom. The quantitative estimate of drug-likeness (QED) is 0.572. The van der Waals surface area contributed by atoms with Gasteiger partial charge in [-0.1, -0.05) is 18.5 Å². The summed E-state index contributed by atoms with van der Waals surface area (Å²) in [5.41, 5.74) is -0.237. The lowest BCUT2D eigenvalue weighted by molar-refractivity contribution is -0.385. The number of hydrogen-bond acceptors (Lipinski definition) is 4. The number of nitro groups is 1. The van der Waals surface area contributed by atoms with Crippen LogP contribution in [0.3, 0.4) is 0 Å². The van der Waals surface area contributed by atoms with Crippen LogP contribution in [0.4, 0.5) is 5.69 Å². The topological polar surface area (TPSA) is 72.7 Å². The summed E-state index contributed by atoms with van der Waals surface area (Å²) in [6.45, 7) is 4.58. The van der Waals surface area contributed by atoms with Crippen LogP contribution in [0.15, 0.2) is 18.2 Å². The van der Waals surface area contributed by atoms with Crippen LogP contribution in [-0.2, 0) is 4.74 Å². The van der Waals surface area contributed by atoms with E-state index in [4.69, 9.17) is 16.3 Å². The molecule has 0 N–H and O–H groups in total. The third-order valence-electron chi connectivity index (χ3n) is 3.31. The Morgan fingerprint density at radius 3 is 2.71 bits per heavy atom. The highest BCUT2D eigenvalue weighted by atomic mass is 35.5. The molecule has 1 unspecified atom stereocenters. The molecule has 0 aromatic heterocycles. The number of carbonyl (C=O) groups excluding carboxylic acids is 1. The molecule has 0 saturated carbocycles. The number of nitro benzene ring substituents is 1. The van der Waals surface area contributed by atoms with E-state index in [-0.39, 0.29) is 17.3 Å². The Kier molecular flexibility index (Phi) is 6.58. The maximum Gasteiger partial charge on any atom is 0.282 e. The number of hydrogen-bond donors (Lipinski definition) is 0. The van der Waals surface area contributed by atoms with Crippen molar-refractivity contribution in [3.63, 3.8) is 0 Å². The van der Waals surface area contributed by atoms with Gasteiger partial charge in [-0.15, -0.1) is 0 Å². The van der Waals surface area contributed by atoms with Crippen LogP contribution in [0, 0.1) is 10.1 Å². The third kappa shape index (κ3) is 4.41. The van der Waals surface area contributed by atoms with Crippen LogP contribution in [0.2, 0.25) is 5.02 Å². The maximum atomic E-state index is 12.6. The average molecular weight is 315 g/mol. The smallest absolute Gasteiger partial charge is 0.282 e. The molecule has 1 rings (SSSR count). The molecule has 0 radical (unpaired) electrons. The average Bonchev–Trinajstić information content (AvgIpc) is 2.46. The molecule has 0 aliphatic heterocycles. The maximum absolute atomic E-state index is 12.6. The van der Waals surface area contributed by atoms with Crippen LogP contribution in [-0.4, -0.2) is 42.0 Å². The predicted octanol–water partition coefficient (Wildman–Crippen LogP) is 3.14. The largest absolute Gasteiger partial charge is 0.383 e. The van der Waals surface area contributed by atoms with Crippen LogP contribution in [0.1, 0.15) is 30.6 Å². The van der Waals surface area contributed by atoms with Gasteiger partial charge in [0.05, 0.1) is 11.5 Å². The summed E-state index contributed by atoms with van der Waals surface area (Å²) in [4.78, 5) is 24.7. The first-order chi connectivity index (χ1) is 9.92. The summed E-state index contributed by atoms with van der Waals surface area (Å²) in [5.74, 6) is -0.407. The highest BCUT2D eigenvalue weighted by Crippen LogP contribution is 2.25. The Morgan fingerprint density at radius 2 is 2.19 bits per heavy atom. The van der Waals surface area contributed by atoms with Gasteiger partial charge in [-0.3, -0.25) is 14.9 Å². The molecule has 0 saturated heterocycles. The predicted molar refractivity (Wildman–Crippen MR) is 80.8 cm³/mol. The highest BCUT2D eigenvalue weighted by Gasteiger charge is 2.27. The van der Waals surface area contributed by atoms with Crippen LogP contribution in [0.5, 0.6) is 0 Å². The number of methoxy groups -OCH3 is 1. The lowest BCUT2D eigenvalue weighted by atomic mass is 10.1. The molecule has 1 amide bonds. The molecule has 1 aromatic carbocycles. The van der Waals surface area contributed by atoms with E-state index in [0.717, 1.165) is 6.42 Å². The highest BCUT2D eigenvalue weighted by molar-refractivity contribution is 6.31. The Balaban J connectivity index is 3.18. The van der Waals surface area contributed by atoms with E-state index in [2.05, 4.69) is 0 Å². The van der Waals surface area contributed by atoms with E-state index in [0.29, 0.717) is 18.2 Å². The molecule has 0 aliphatic carbocycles. The standard InChI is InChI=1S/C14H19ClN2O4/c1-4-10(2)16(7-8-21-3)14(18)12-9-11(15)5-6-13(12)17(19)20/h5-6,9-10H,4,7-8H2,1-3H3. The van der Waals surface area contributed by atoms with Crippen molar-refractivity contribution < 1.29 is 14.5 Å². The molecule has 21 heavy (non-hydrogen) atoms. The number of nitrogens with zero attached hydrogens (tertiary/aromatic N) is 2. The fourth-order valence-corrected chi connectivity index (χ4v) is 2.10. The fourth-order valence-electron chi connectivity index (χ4n) is 1.93. The second-order valence-electron chi connectivity index (χ2n) is 4.67. The summed E-state index contributed by atoms with van der Waals surface area (Å²) in [7, 11) is 1.54. The van der Waals surface area contributed by atoms with Crippen LogP contribution < -0.4 is 0 Å². The van der Waals surface area contributed by atoms with Crippen LogP contribution in [0.25, 0.3) is 0 Å². The number of halogens is 1. The minimum atomic E-state index is -0.575. The van der Waals surface area contributed by atoms with E-state index in [1.54, 1.807) is 12.0 Å². The van der Waals surface area contributed by atoms with Crippen molar-refractivity contribution in [2.45, 2.75) is 26.3 Å². The Labute approximate surface area is 128 Å². The summed E-state index contributed by atoms with van der Waals surface area (Å²) >= 11 is 5.87. The van der Waals surface area contributed by atoms with Gasteiger partial charge in [0, 0.05) is 30.8 Å². The van der Waals surface area contributed by atoms with Gasteiger partial charge in [0.15, 0.2) is 0 Å². The molecule has 0 bridgehead atoms. The lowest BCUT2D eigenvalue weighted by Gasteiger charge is -2.28. The molecule has 1 aromatic rings. The van der Waals surface area contributed by atoms with E-state index in [1.807, 2.05) is 13.8 Å². The number of ether oxygens (including phenoxy) is 1. The molecule has 6 nitrogen and oxygen atoms in total. The van der Waals surface area contributed by atoms with E-state index >= 15 is 0 Å². The molecule has 116 valence electrons. The van der Waals surface area contributed by atoms with Crippen molar-refractivity contribution in [2.24, 2.45) is 0 Å². The van der Waals surface area contributed by atoms with Gasteiger partial charge in [-0.25, -0.2) is 0 Å². The SMILES string of the molecule is CCC(C)N(CCOC)C(=O)c1cc(Cl)ccc1[N+](=O)[O-]. The van der Waals surface area contributed by atoms with Crippen molar-refractivity contribution in [1.82, 2.24) is 4.90 Å². The summed E-state index contributed by atoms with van der Waals surface area (Å²) in [6.07, 6.45) is 0.740. The number of rotatable bonds is 7. The zero-order valence-corrected chi connectivity index (χ0v) is 13.1. The van der Waals surface area contributed by atoms with Gasteiger partial charge in [-0.05, 0) is 25.5 Å². The van der Waals surface area contributed by atoms with Crippen molar-refractivity contribution in [3.8, 4) is 0 Å². The second-order valence-corrected chi connectivity index (χ2v) is 5.10. The summed E-state index contributed by atoms with van der Waals surface area (Å²) in [6, 6.07) is 3.94. The van der Waals surface area contributed by atoms with Crippen LogP contribution >= 0.6 is 11.6 Å². The first-order valence-corrected chi connectivity index (χ1v) is 7.04. The van der Waals surface area contributed by atoms with Gasteiger partial charge in [-0.2, -0.15) is 0 Å². The minimum absolute atomic E-state index is 0.00361. The van der Waals surface area contributed by atoms with Gasteiger partial charge in [0.1, 0.15) is 5.56 Å². The molecule has 0 heterocycles. The minimum Gasteiger partial charge on any atom is -0.383 e.